The summed E-state index contributed by atoms with van der Waals surface area (Å²) < 4.78 is 0. The molecule has 4 rings (SSSR count). The van der Waals surface area contributed by atoms with Gasteiger partial charge in [-0.2, -0.15) is 0 Å². The molecule has 2 aromatic heterocycles. The summed E-state index contributed by atoms with van der Waals surface area (Å²) in [5.41, 5.74) is 2.27. The average molecular weight is 396 g/mol. The quantitative estimate of drug-likeness (QED) is 0.728. The second-order valence-corrected chi connectivity index (χ2v) is 8.74. The molecule has 1 fully saturated rings. The van der Waals surface area contributed by atoms with Crippen LogP contribution in [0.25, 0.3) is 10.2 Å². The van der Waals surface area contributed by atoms with Gasteiger partial charge in [0.25, 0.3) is 5.56 Å². The van der Waals surface area contributed by atoms with E-state index in [0.717, 1.165) is 41.2 Å². The van der Waals surface area contributed by atoms with E-state index < -0.39 is 0 Å². The Kier molecular flexibility index (Phi) is 5.31. The molecule has 0 bridgehead atoms. The van der Waals surface area contributed by atoms with E-state index in [1.807, 2.05) is 24.8 Å². The van der Waals surface area contributed by atoms with Crippen molar-refractivity contribution in [3.63, 3.8) is 0 Å². The topological polar surface area (TPSA) is 66.1 Å². The SMILES string of the molecule is Cc1sc2nc(CCC(=O)N3CCC(c4ccccc4)CC3)[nH]c(=O)c2c1C. The fraction of sp³-hybridized carbons (Fsp3) is 0.409. The van der Waals surface area contributed by atoms with Gasteiger partial charge in [-0.15, -0.1) is 11.3 Å². The summed E-state index contributed by atoms with van der Waals surface area (Å²) in [7, 11) is 0. The number of piperidine rings is 1. The van der Waals surface area contributed by atoms with E-state index in [0.29, 0.717) is 30.0 Å². The maximum absolute atomic E-state index is 12.6. The number of carbonyl (C=O) groups is 1. The van der Waals surface area contributed by atoms with Gasteiger partial charge in [-0.3, -0.25) is 9.59 Å². The van der Waals surface area contributed by atoms with Gasteiger partial charge < -0.3 is 9.88 Å². The van der Waals surface area contributed by atoms with Crippen LogP contribution in [-0.2, 0) is 11.2 Å². The number of aromatic nitrogens is 2. The molecule has 6 heteroatoms. The van der Waals surface area contributed by atoms with E-state index in [2.05, 4.69) is 34.2 Å². The number of aryl methyl sites for hydroxylation is 3. The van der Waals surface area contributed by atoms with Crippen LogP contribution >= 0.6 is 11.3 Å². The summed E-state index contributed by atoms with van der Waals surface area (Å²) in [5, 5.41) is 0.681. The summed E-state index contributed by atoms with van der Waals surface area (Å²) >= 11 is 1.54. The van der Waals surface area contributed by atoms with Crippen molar-refractivity contribution in [3.05, 3.63) is 62.5 Å². The second-order valence-electron chi connectivity index (χ2n) is 7.54. The number of likely N-dealkylation sites (tertiary alicyclic amines) is 1. The van der Waals surface area contributed by atoms with Crippen molar-refractivity contribution in [3.8, 4) is 0 Å². The summed E-state index contributed by atoms with van der Waals surface area (Å²) in [6.45, 7) is 5.55. The number of hydrogen-bond donors (Lipinski definition) is 1. The molecule has 1 saturated heterocycles. The average Bonchev–Trinajstić information content (AvgIpc) is 3.01. The molecule has 146 valence electrons. The zero-order valence-electron chi connectivity index (χ0n) is 16.3. The zero-order valence-corrected chi connectivity index (χ0v) is 17.1. The minimum absolute atomic E-state index is 0.0991. The predicted octanol–water partition coefficient (Wildman–Crippen LogP) is 3.94. The van der Waals surface area contributed by atoms with Gasteiger partial charge >= 0.3 is 0 Å². The molecule has 1 aliphatic rings. The molecule has 0 spiro atoms. The molecular weight excluding hydrogens is 370 g/mol. The van der Waals surface area contributed by atoms with Gasteiger partial charge in [-0.1, -0.05) is 30.3 Å². The van der Waals surface area contributed by atoms with E-state index in [1.54, 1.807) is 11.3 Å². The Balaban J connectivity index is 1.36. The Morgan fingerprint density at radius 2 is 1.93 bits per heavy atom. The molecule has 1 amide bonds. The number of rotatable bonds is 4. The molecule has 28 heavy (non-hydrogen) atoms. The number of fused-ring (bicyclic) bond motifs is 1. The molecule has 3 heterocycles. The number of H-pyrrole nitrogens is 1. The number of thiophene rings is 1. The Labute approximate surface area is 168 Å². The lowest BCUT2D eigenvalue weighted by Gasteiger charge is -2.32. The molecule has 1 aromatic carbocycles. The second kappa shape index (κ2) is 7.87. The fourth-order valence-electron chi connectivity index (χ4n) is 3.99. The van der Waals surface area contributed by atoms with Crippen molar-refractivity contribution in [1.82, 2.24) is 14.9 Å². The van der Waals surface area contributed by atoms with Gasteiger partial charge in [-0.05, 0) is 43.7 Å². The third-order valence-electron chi connectivity index (χ3n) is 5.78. The molecule has 1 aliphatic heterocycles. The van der Waals surface area contributed by atoms with Gasteiger partial charge in [0.1, 0.15) is 10.7 Å². The molecule has 0 aliphatic carbocycles. The van der Waals surface area contributed by atoms with Crippen LogP contribution < -0.4 is 5.56 Å². The van der Waals surface area contributed by atoms with Crippen LogP contribution in [0.1, 0.15) is 47.0 Å². The highest BCUT2D eigenvalue weighted by atomic mass is 32.1. The largest absolute Gasteiger partial charge is 0.343 e. The smallest absolute Gasteiger partial charge is 0.259 e. The van der Waals surface area contributed by atoms with Gasteiger partial charge in [0.2, 0.25) is 5.91 Å². The van der Waals surface area contributed by atoms with Crippen LogP contribution in [-0.4, -0.2) is 33.9 Å². The highest BCUT2D eigenvalue weighted by Crippen LogP contribution is 2.28. The molecule has 0 atom stereocenters. The molecule has 0 radical (unpaired) electrons. The number of nitrogens with one attached hydrogen (secondary N) is 1. The van der Waals surface area contributed by atoms with Crippen LogP contribution in [0, 0.1) is 13.8 Å². The molecule has 1 N–H and O–H groups in total. The van der Waals surface area contributed by atoms with Crippen LogP contribution in [0.15, 0.2) is 35.1 Å². The Bertz CT molecular complexity index is 1050. The summed E-state index contributed by atoms with van der Waals surface area (Å²) in [6, 6.07) is 10.5. The number of amides is 1. The lowest BCUT2D eigenvalue weighted by molar-refractivity contribution is -0.132. The van der Waals surface area contributed by atoms with Gasteiger partial charge in [-0.25, -0.2) is 4.98 Å². The molecule has 0 saturated carbocycles. The maximum Gasteiger partial charge on any atom is 0.259 e. The predicted molar refractivity (Wildman–Crippen MR) is 113 cm³/mol. The molecule has 3 aromatic rings. The van der Waals surface area contributed by atoms with Crippen LogP contribution in [0.4, 0.5) is 0 Å². The lowest BCUT2D eigenvalue weighted by Crippen LogP contribution is -2.38. The number of nitrogens with zero attached hydrogens (tertiary/aromatic N) is 2. The van der Waals surface area contributed by atoms with Crippen molar-refractivity contribution in [1.29, 1.82) is 0 Å². The highest BCUT2D eigenvalue weighted by molar-refractivity contribution is 7.18. The monoisotopic (exact) mass is 395 g/mol. The van der Waals surface area contributed by atoms with E-state index in [9.17, 15) is 9.59 Å². The lowest BCUT2D eigenvalue weighted by atomic mass is 9.89. The molecule has 0 unspecified atom stereocenters. The zero-order chi connectivity index (χ0) is 19.7. The fourth-order valence-corrected chi connectivity index (χ4v) is 5.04. The van der Waals surface area contributed by atoms with Crippen LogP contribution in [0.2, 0.25) is 0 Å². The Morgan fingerprint density at radius 3 is 2.64 bits per heavy atom. The number of carbonyl (C=O) groups excluding carboxylic acids is 1. The van der Waals surface area contributed by atoms with E-state index in [1.165, 1.54) is 5.56 Å². The van der Waals surface area contributed by atoms with Crippen LogP contribution in [0.5, 0.6) is 0 Å². The summed E-state index contributed by atoms with van der Waals surface area (Å²) in [5.74, 6) is 1.29. The van der Waals surface area contributed by atoms with Crippen LogP contribution in [0.3, 0.4) is 0 Å². The first-order valence-corrected chi connectivity index (χ1v) is 10.7. The Morgan fingerprint density at radius 1 is 1.21 bits per heavy atom. The van der Waals surface area contributed by atoms with Crippen molar-refractivity contribution in [2.45, 2.75) is 45.4 Å². The number of hydrogen-bond acceptors (Lipinski definition) is 4. The molecule has 5 nitrogen and oxygen atoms in total. The van der Waals surface area contributed by atoms with E-state index in [4.69, 9.17) is 0 Å². The number of benzene rings is 1. The third kappa shape index (κ3) is 3.74. The first kappa shape index (κ1) is 18.9. The highest BCUT2D eigenvalue weighted by Gasteiger charge is 2.23. The van der Waals surface area contributed by atoms with Crippen molar-refractivity contribution in [2.24, 2.45) is 0 Å². The van der Waals surface area contributed by atoms with E-state index >= 15 is 0 Å². The minimum atomic E-state index is -0.0991. The maximum atomic E-state index is 12.6. The summed E-state index contributed by atoms with van der Waals surface area (Å²) in [6.07, 6.45) is 2.86. The standard InChI is InChI=1S/C22H25N3O2S/c1-14-15(2)28-22-20(14)21(27)23-18(24-22)8-9-19(26)25-12-10-17(11-13-25)16-6-4-3-5-7-16/h3-7,17H,8-13H2,1-2H3,(H,23,24,27). The van der Waals surface area contributed by atoms with Gasteiger partial charge in [0.05, 0.1) is 5.39 Å². The molecular formula is C22H25N3O2S. The minimum Gasteiger partial charge on any atom is -0.343 e. The van der Waals surface area contributed by atoms with Gasteiger partial charge in [0, 0.05) is 30.8 Å². The van der Waals surface area contributed by atoms with Crippen molar-refractivity contribution in [2.75, 3.05) is 13.1 Å². The van der Waals surface area contributed by atoms with Crippen molar-refractivity contribution < 1.29 is 4.79 Å². The van der Waals surface area contributed by atoms with Crippen molar-refractivity contribution >= 4 is 27.5 Å². The van der Waals surface area contributed by atoms with E-state index in [-0.39, 0.29) is 11.5 Å². The van der Waals surface area contributed by atoms with Gasteiger partial charge in [0.15, 0.2) is 0 Å². The summed E-state index contributed by atoms with van der Waals surface area (Å²) in [4.78, 5) is 36.3. The first-order valence-electron chi connectivity index (χ1n) is 9.84. The first-order chi connectivity index (χ1) is 13.5. The normalized spacial score (nSPS) is 15.3. The Hall–Kier alpha value is -2.47. The third-order valence-corrected chi connectivity index (χ3v) is 6.88. The number of aromatic amines is 1.